The van der Waals surface area contributed by atoms with Gasteiger partial charge in [-0.05, 0) is 35.4 Å². The van der Waals surface area contributed by atoms with E-state index in [9.17, 15) is 15.8 Å². The second kappa shape index (κ2) is 7.95. The average molecular weight is 458 g/mol. The summed E-state index contributed by atoms with van der Waals surface area (Å²) >= 11 is 0. The number of methoxy groups -OCH3 is 3. The van der Waals surface area contributed by atoms with Gasteiger partial charge in [-0.1, -0.05) is 12.1 Å². The summed E-state index contributed by atoms with van der Waals surface area (Å²) in [5.74, 6) is -1.52. The van der Waals surface area contributed by atoms with Crippen LogP contribution in [-0.2, 0) is 9.47 Å². The Balaban J connectivity index is 2.00. The molecule has 2 aliphatic rings. The molecule has 0 aliphatic carbocycles. The summed E-state index contributed by atoms with van der Waals surface area (Å²) in [6, 6.07) is 17.9. The lowest BCUT2D eigenvalue weighted by Gasteiger charge is -2.49. The number of nitrogens with one attached hydrogen (secondary N) is 1. The monoisotopic (exact) mass is 458 g/mol. The van der Waals surface area contributed by atoms with Crippen molar-refractivity contribution < 1.29 is 23.7 Å². The van der Waals surface area contributed by atoms with Crippen molar-refractivity contribution >= 4 is 5.90 Å². The van der Waals surface area contributed by atoms with E-state index >= 15 is 0 Å². The topological polar surface area (TPSA) is 141 Å². The number of hydrogen-bond acceptors (Lipinski definition) is 9. The molecule has 2 heterocycles. The first-order valence-electron chi connectivity index (χ1n) is 10.4. The molecule has 172 valence electrons. The zero-order valence-corrected chi connectivity index (χ0v) is 19.1. The van der Waals surface area contributed by atoms with Gasteiger partial charge in [0.25, 0.3) is 0 Å². The minimum atomic E-state index is -2.13. The average Bonchev–Trinajstić information content (AvgIpc) is 3.05. The molecule has 1 N–H and O–H groups in total. The molecule has 2 fully saturated rings. The van der Waals surface area contributed by atoms with E-state index in [2.05, 4.69) is 6.07 Å². The fourth-order valence-electron chi connectivity index (χ4n) is 5.06. The van der Waals surface area contributed by atoms with Gasteiger partial charge in [-0.15, -0.1) is 0 Å². The van der Waals surface area contributed by atoms with Crippen LogP contribution >= 0.6 is 0 Å². The zero-order chi connectivity index (χ0) is 24.7. The minimum absolute atomic E-state index is 0.386. The molecule has 0 amide bonds. The van der Waals surface area contributed by atoms with E-state index in [1.165, 1.54) is 21.3 Å². The Kier molecular flexibility index (Phi) is 5.36. The smallest absolute Gasteiger partial charge is 0.218 e. The van der Waals surface area contributed by atoms with E-state index in [1.54, 1.807) is 49.4 Å². The SMILES string of the molecule is COc1ccc(C2C3(C)OC(=N)C2(C#N)C(C#N)(C#N)C(c2cc(OC)cc(OC)c2)O3)cc1. The van der Waals surface area contributed by atoms with Crippen LogP contribution in [0, 0.1) is 50.2 Å². The van der Waals surface area contributed by atoms with Gasteiger partial charge in [0.05, 0.1) is 45.5 Å². The van der Waals surface area contributed by atoms with Gasteiger partial charge < -0.3 is 23.7 Å². The summed E-state index contributed by atoms with van der Waals surface area (Å²) < 4.78 is 28.2. The predicted molar refractivity (Wildman–Crippen MR) is 118 cm³/mol. The Morgan fingerprint density at radius 3 is 1.85 bits per heavy atom. The highest BCUT2D eigenvalue weighted by Crippen LogP contribution is 2.69. The molecule has 2 aromatic carbocycles. The van der Waals surface area contributed by atoms with Crippen LogP contribution in [0.2, 0.25) is 0 Å². The molecule has 0 aromatic heterocycles. The predicted octanol–water partition coefficient (Wildman–Crippen LogP) is 3.83. The molecule has 9 heteroatoms. The van der Waals surface area contributed by atoms with Crippen LogP contribution < -0.4 is 14.2 Å². The van der Waals surface area contributed by atoms with Crippen molar-refractivity contribution in [2.45, 2.75) is 24.7 Å². The van der Waals surface area contributed by atoms with Crippen molar-refractivity contribution in [1.29, 1.82) is 21.2 Å². The number of hydrogen-bond donors (Lipinski definition) is 1. The van der Waals surface area contributed by atoms with Gasteiger partial charge in [-0.2, -0.15) is 15.8 Å². The fourth-order valence-corrected chi connectivity index (χ4v) is 5.06. The Labute approximate surface area is 197 Å². The molecule has 2 aromatic rings. The van der Waals surface area contributed by atoms with E-state index < -0.39 is 34.5 Å². The third-order valence-electron chi connectivity index (χ3n) is 6.64. The first-order valence-corrected chi connectivity index (χ1v) is 10.4. The zero-order valence-electron chi connectivity index (χ0n) is 19.1. The third kappa shape index (κ3) is 2.83. The quantitative estimate of drug-likeness (QED) is 0.712. The van der Waals surface area contributed by atoms with Crippen molar-refractivity contribution in [3.05, 3.63) is 53.6 Å². The molecule has 4 atom stereocenters. The van der Waals surface area contributed by atoms with E-state index in [1.807, 2.05) is 12.1 Å². The molecule has 34 heavy (non-hydrogen) atoms. The second-order valence-electron chi connectivity index (χ2n) is 8.25. The molecule has 2 saturated heterocycles. The third-order valence-corrected chi connectivity index (χ3v) is 6.64. The lowest BCUT2D eigenvalue weighted by Crippen LogP contribution is -2.57. The van der Waals surface area contributed by atoms with E-state index in [0.717, 1.165) is 0 Å². The van der Waals surface area contributed by atoms with Crippen LogP contribution in [0.25, 0.3) is 0 Å². The molecular weight excluding hydrogens is 436 g/mol. The van der Waals surface area contributed by atoms with E-state index in [0.29, 0.717) is 28.4 Å². The standard InChI is InChI=1S/C25H22N4O5/c1-23-20(15-5-7-17(30-2)8-6-15)25(14-28,22(29)34-23)24(12-26,13-27)21(33-23)16-9-18(31-3)11-19(10-16)32-4/h5-11,20-21,29H,1-4H3. The number of nitriles is 3. The summed E-state index contributed by atoms with van der Waals surface area (Å²) in [6.07, 6.45) is -1.24. The summed E-state index contributed by atoms with van der Waals surface area (Å²) in [6.45, 7) is 1.61. The van der Waals surface area contributed by atoms with Gasteiger partial charge in [-0.25, -0.2) is 0 Å². The van der Waals surface area contributed by atoms with E-state index in [4.69, 9.17) is 29.1 Å². The number of fused-ring (bicyclic) bond motifs is 2. The normalized spacial score (nSPS) is 28.6. The molecule has 4 rings (SSSR count). The molecule has 0 spiro atoms. The maximum absolute atomic E-state index is 10.5. The molecule has 2 bridgehead atoms. The molecule has 9 nitrogen and oxygen atoms in total. The lowest BCUT2D eigenvalue weighted by atomic mass is 9.52. The van der Waals surface area contributed by atoms with Gasteiger partial charge in [-0.3, -0.25) is 5.41 Å². The van der Waals surface area contributed by atoms with Gasteiger partial charge in [0.15, 0.2) is 5.41 Å². The van der Waals surface area contributed by atoms with Crippen molar-refractivity contribution in [1.82, 2.24) is 0 Å². The van der Waals surface area contributed by atoms with Crippen LogP contribution in [0.1, 0.15) is 30.1 Å². The number of nitrogens with zero attached hydrogens (tertiary/aromatic N) is 3. The Hall–Kier alpha value is -4.26. The van der Waals surface area contributed by atoms with Gasteiger partial charge in [0.2, 0.25) is 17.1 Å². The highest BCUT2D eigenvalue weighted by Gasteiger charge is 2.79. The maximum atomic E-state index is 10.5. The minimum Gasteiger partial charge on any atom is -0.497 e. The Bertz CT molecular complexity index is 1240. The van der Waals surface area contributed by atoms with Crippen LogP contribution in [0.3, 0.4) is 0 Å². The van der Waals surface area contributed by atoms with Crippen LogP contribution in [0.4, 0.5) is 0 Å². The largest absolute Gasteiger partial charge is 0.497 e. The maximum Gasteiger partial charge on any atom is 0.218 e. The Morgan fingerprint density at radius 1 is 0.824 bits per heavy atom. The fraction of sp³-hybridized carbons (Fsp3) is 0.360. The molecule has 4 unspecified atom stereocenters. The van der Waals surface area contributed by atoms with Crippen LogP contribution in [0.5, 0.6) is 17.2 Å². The van der Waals surface area contributed by atoms with Gasteiger partial charge in [0.1, 0.15) is 23.4 Å². The molecule has 2 aliphatic heterocycles. The highest BCUT2D eigenvalue weighted by molar-refractivity contribution is 5.90. The second-order valence-corrected chi connectivity index (χ2v) is 8.25. The first-order chi connectivity index (χ1) is 16.3. The van der Waals surface area contributed by atoms with Crippen molar-refractivity contribution in [3.63, 3.8) is 0 Å². The van der Waals surface area contributed by atoms with Crippen molar-refractivity contribution in [2.75, 3.05) is 21.3 Å². The van der Waals surface area contributed by atoms with Gasteiger partial charge in [0, 0.05) is 13.0 Å². The van der Waals surface area contributed by atoms with Crippen molar-refractivity contribution in [3.8, 4) is 35.5 Å². The summed E-state index contributed by atoms with van der Waals surface area (Å²) in [4.78, 5) is 0. The molecule has 0 saturated carbocycles. The Morgan fingerprint density at radius 2 is 1.38 bits per heavy atom. The van der Waals surface area contributed by atoms with Crippen molar-refractivity contribution in [2.24, 2.45) is 10.8 Å². The van der Waals surface area contributed by atoms with Crippen LogP contribution in [-0.4, -0.2) is 33.0 Å². The summed E-state index contributed by atoms with van der Waals surface area (Å²) in [5, 5.41) is 40.1. The van der Waals surface area contributed by atoms with E-state index in [-0.39, 0.29) is 0 Å². The van der Waals surface area contributed by atoms with Crippen LogP contribution in [0.15, 0.2) is 42.5 Å². The number of ether oxygens (including phenoxy) is 5. The summed E-state index contributed by atoms with van der Waals surface area (Å²) in [7, 11) is 4.48. The lowest BCUT2D eigenvalue weighted by molar-refractivity contribution is -0.253. The highest BCUT2D eigenvalue weighted by atomic mass is 16.7. The first kappa shape index (κ1) is 22.9. The number of benzene rings is 2. The molecular formula is C25H22N4O5. The van der Waals surface area contributed by atoms with Gasteiger partial charge >= 0.3 is 0 Å². The summed E-state index contributed by atoms with van der Waals surface area (Å²) in [5.41, 5.74) is -3.13. The number of rotatable bonds is 5. The molecule has 0 radical (unpaired) electrons.